The fourth-order valence-electron chi connectivity index (χ4n) is 4.02. The Balaban J connectivity index is 3.23. The van der Waals surface area contributed by atoms with Gasteiger partial charge < -0.3 is 20.4 Å². The lowest BCUT2D eigenvalue weighted by Gasteiger charge is -2.38. The van der Waals surface area contributed by atoms with Gasteiger partial charge in [-0.25, -0.2) is 0 Å². The number of carboxylic acid groups (broad SMARTS) is 4. The largest absolute Gasteiger partial charge is 0.480 e. The Bertz CT molecular complexity index is 662. The van der Waals surface area contributed by atoms with Crippen LogP contribution in [0.25, 0.3) is 0 Å². The van der Waals surface area contributed by atoms with E-state index >= 15 is 0 Å². The molecule has 0 aromatic rings. The number of carboxylic acids is 4. The highest BCUT2D eigenvalue weighted by Gasteiger charge is 2.28. The molecular formula is C21H38N4O8. The van der Waals surface area contributed by atoms with Crippen LogP contribution in [0, 0.1) is 5.92 Å². The molecule has 1 rings (SSSR count). The van der Waals surface area contributed by atoms with Crippen LogP contribution < -0.4 is 0 Å². The van der Waals surface area contributed by atoms with E-state index in [1.807, 2.05) is 6.92 Å². The lowest BCUT2D eigenvalue weighted by Crippen LogP contribution is -2.53. The maximum atomic E-state index is 11.6. The molecule has 0 aromatic carbocycles. The van der Waals surface area contributed by atoms with E-state index in [-0.39, 0.29) is 38.1 Å². The maximum Gasteiger partial charge on any atom is 0.317 e. The first kappa shape index (κ1) is 28.8. The van der Waals surface area contributed by atoms with E-state index in [4.69, 9.17) is 0 Å². The molecule has 1 aliphatic rings. The van der Waals surface area contributed by atoms with Crippen LogP contribution in [0.15, 0.2) is 0 Å². The van der Waals surface area contributed by atoms with Crippen molar-refractivity contribution in [3.63, 3.8) is 0 Å². The van der Waals surface area contributed by atoms with E-state index in [9.17, 15) is 39.6 Å². The molecule has 1 heterocycles. The Morgan fingerprint density at radius 2 is 1.09 bits per heavy atom. The second-order valence-electron chi connectivity index (χ2n) is 8.74. The van der Waals surface area contributed by atoms with Crippen molar-refractivity contribution in [1.29, 1.82) is 0 Å². The summed E-state index contributed by atoms with van der Waals surface area (Å²) in [5.74, 6) is -3.76. The summed E-state index contributed by atoms with van der Waals surface area (Å²) >= 11 is 0. The van der Waals surface area contributed by atoms with Crippen LogP contribution in [0.3, 0.4) is 0 Å². The standard InChI is InChI=1S/C21H38N4O8/c1-3-16(2)10-17-11-24(14-20(30)31)7-6-22(12-18(26)27)4-5-23(13-19(28)29)8-9-25(17)15-21(32)33/h16-17H,3-15H2,1-2H3,(H,26,27)(H,28,29)(H,30,31)(H,32,33). The van der Waals surface area contributed by atoms with Crippen molar-refractivity contribution in [1.82, 2.24) is 19.6 Å². The first-order valence-corrected chi connectivity index (χ1v) is 11.3. The van der Waals surface area contributed by atoms with Gasteiger partial charge in [0.15, 0.2) is 0 Å². The van der Waals surface area contributed by atoms with Crippen molar-refractivity contribution in [2.45, 2.75) is 32.7 Å². The molecule has 12 heteroatoms. The molecule has 0 radical (unpaired) electrons. The van der Waals surface area contributed by atoms with Crippen LogP contribution in [0.2, 0.25) is 0 Å². The normalized spacial score (nSPS) is 21.6. The van der Waals surface area contributed by atoms with E-state index in [0.717, 1.165) is 6.42 Å². The minimum atomic E-state index is -1.01. The molecule has 1 fully saturated rings. The van der Waals surface area contributed by atoms with Crippen LogP contribution >= 0.6 is 0 Å². The molecule has 2 atom stereocenters. The Hall–Kier alpha value is -2.28. The lowest BCUT2D eigenvalue weighted by atomic mass is 9.97. The molecule has 2 unspecified atom stereocenters. The summed E-state index contributed by atoms with van der Waals surface area (Å²) in [4.78, 5) is 52.6. The zero-order valence-corrected chi connectivity index (χ0v) is 19.6. The van der Waals surface area contributed by atoms with E-state index in [1.165, 1.54) is 0 Å². The Labute approximate surface area is 194 Å². The molecule has 4 N–H and O–H groups in total. The highest BCUT2D eigenvalue weighted by Crippen LogP contribution is 2.17. The number of rotatable bonds is 11. The molecule has 190 valence electrons. The smallest absolute Gasteiger partial charge is 0.317 e. The van der Waals surface area contributed by atoms with Crippen molar-refractivity contribution < 1.29 is 39.6 Å². The van der Waals surface area contributed by atoms with Gasteiger partial charge in [-0.15, -0.1) is 0 Å². The molecule has 0 amide bonds. The van der Waals surface area contributed by atoms with E-state index in [2.05, 4.69) is 6.92 Å². The fourth-order valence-corrected chi connectivity index (χ4v) is 4.02. The monoisotopic (exact) mass is 474 g/mol. The summed E-state index contributed by atoms with van der Waals surface area (Å²) in [6, 6.07) is -0.241. The molecule has 0 spiro atoms. The third-order valence-electron chi connectivity index (χ3n) is 5.94. The van der Waals surface area contributed by atoms with Crippen LogP contribution in [0.1, 0.15) is 26.7 Å². The molecule has 0 saturated carbocycles. The van der Waals surface area contributed by atoms with Crippen molar-refractivity contribution in [3.8, 4) is 0 Å². The van der Waals surface area contributed by atoms with Crippen LogP contribution in [0.4, 0.5) is 0 Å². The SMILES string of the molecule is CCC(C)CC1CN(CC(=O)O)CCN(CC(=O)O)CCN(CC(=O)O)CCN1CC(=O)O. The van der Waals surface area contributed by atoms with Gasteiger partial charge in [-0.2, -0.15) is 0 Å². The molecule has 12 nitrogen and oxygen atoms in total. The first-order valence-electron chi connectivity index (χ1n) is 11.3. The molecule has 1 saturated heterocycles. The first-order chi connectivity index (χ1) is 15.5. The van der Waals surface area contributed by atoms with Gasteiger partial charge in [-0.1, -0.05) is 20.3 Å². The Morgan fingerprint density at radius 3 is 1.52 bits per heavy atom. The van der Waals surface area contributed by atoms with Gasteiger partial charge in [-0.05, 0) is 12.3 Å². The summed E-state index contributed by atoms with van der Waals surface area (Å²) in [6.45, 7) is 5.30. The molecular weight excluding hydrogens is 436 g/mol. The molecule has 0 bridgehead atoms. The van der Waals surface area contributed by atoms with Gasteiger partial charge in [0, 0.05) is 51.9 Å². The van der Waals surface area contributed by atoms with Crippen molar-refractivity contribution in [2.75, 3.05) is 72.0 Å². The number of hydrogen-bond acceptors (Lipinski definition) is 8. The third kappa shape index (κ3) is 12.5. The zero-order chi connectivity index (χ0) is 25.0. The van der Waals surface area contributed by atoms with Gasteiger partial charge in [0.1, 0.15) is 0 Å². The van der Waals surface area contributed by atoms with Gasteiger partial charge in [0.2, 0.25) is 0 Å². The number of carbonyl (C=O) groups is 4. The summed E-state index contributed by atoms with van der Waals surface area (Å²) in [5.41, 5.74) is 0. The average molecular weight is 475 g/mol. The number of nitrogens with zero attached hydrogens (tertiary/aromatic N) is 4. The van der Waals surface area contributed by atoms with Crippen molar-refractivity contribution in [2.24, 2.45) is 5.92 Å². The van der Waals surface area contributed by atoms with Crippen LogP contribution in [0.5, 0.6) is 0 Å². The molecule has 0 aliphatic carbocycles. The highest BCUT2D eigenvalue weighted by molar-refractivity contribution is 5.70. The van der Waals surface area contributed by atoms with Gasteiger partial charge >= 0.3 is 23.9 Å². The summed E-state index contributed by atoms with van der Waals surface area (Å²) in [7, 11) is 0. The van der Waals surface area contributed by atoms with Gasteiger partial charge in [-0.3, -0.25) is 38.8 Å². The quantitative estimate of drug-likeness (QED) is 0.300. The van der Waals surface area contributed by atoms with E-state index < -0.39 is 23.9 Å². The summed E-state index contributed by atoms with van der Waals surface area (Å²) in [6.07, 6.45) is 1.55. The van der Waals surface area contributed by atoms with Crippen molar-refractivity contribution in [3.05, 3.63) is 0 Å². The number of hydrogen-bond donors (Lipinski definition) is 4. The molecule has 33 heavy (non-hydrogen) atoms. The predicted molar refractivity (Wildman–Crippen MR) is 119 cm³/mol. The topological polar surface area (TPSA) is 162 Å². The minimum Gasteiger partial charge on any atom is -0.480 e. The van der Waals surface area contributed by atoms with E-state index in [0.29, 0.717) is 52.2 Å². The highest BCUT2D eigenvalue weighted by atomic mass is 16.4. The fraction of sp³-hybridized carbons (Fsp3) is 0.810. The number of aliphatic carboxylic acids is 4. The zero-order valence-electron chi connectivity index (χ0n) is 19.6. The average Bonchev–Trinajstić information content (AvgIpc) is 2.69. The summed E-state index contributed by atoms with van der Waals surface area (Å²) in [5, 5.41) is 37.4. The molecule has 1 aliphatic heterocycles. The van der Waals surface area contributed by atoms with Gasteiger partial charge in [0.05, 0.1) is 26.2 Å². The van der Waals surface area contributed by atoms with Crippen LogP contribution in [-0.2, 0) is 19.2 Å². The second-order valence-corrected chi connectivity index (χ2v) is 8.74. The van der Waals surface area contributed by atoms with E-state index in [1.54, 1.807) is 19.6 Å². The van der Waals surface area contributed by atoms with Gasteiger partial charge in [0.25, 0.3) is 0 Å². The third-order valence-corrected chi connectivity index (χ3v) is 5.94. The van der Waals surface area contributed by atoms with Crippen LogP contribution in [-0.4, -0.2) is 142 Å². The van der Waals surface area contributed by atoms with Crippen molar-refractivity contribution >= 4 is 23.9 Å². The second kappa shape index (κ2) is 14.8. The Morgan fingerprint density at radius 1 is 0.697 bits per heavy atom. The minimum absolute atomic E-state index is 0.228. The predicted octanol–water partition coefficient (Wildman–Crippen LogP) is -0.649. The Kier molecular flexibility index (Phi) is 12.9. The maximum absolute atomic E-state index is 11.6. The summed E-state index contributed by atoms with van der Waals surface area (Å²) < 4.78 is 0. The lowest BCUT2D eigenvalue weighted by molar-refractivity contribution is -0.142. The molecule has 0 aromatic heterocycles.